The molecule has 0 saturated heterocycles. The fraction of sp³-hybridized carbons (Fsp3) is 0.667. The molecule has 2 atom stereocenters. The van der Waals surface area contributed by atoms with Gasteiger partial charge in [-0.25, -0.2) is 4.79 Å². The van der Waals surface area contributed by atoms with Crippen molar-refractivity contribution in [1.29, 1.82) is 0 Å². The van der Waals surface area contributed by atoms with Crippen molar-refractivity contribution >= 4 is 20.3 Å². The van der Waals surface area contributed by atoms with Crippen LogP contribution in [0.15, 0.2) is 11.6 Å². The lowest BCUT2D eigenvalue weighted by Gasteiger charge is -2.29. The molecule has 0 radical (unpaired) electrons. The largest absolute Gasteiger partial charge is 0.519 e. The maximum atomic E-state index is 12.3. The van der Waals surface area contributed by atoms with E-state index < -0.39 is 19.7 Å². The minimum atomic E-state index is -1.97. The molecule has 2 bridgehead atoms. The summed E-state index contributed by atoms with van der Waals surface area (Å²) in [6.45, 7) is 5.81. The summed E-state index contributed by atoms with van der Waals surface area (Å²) in [7, 11) is -1.97. The van der Waals surface area contributed by atoms with Crippen LogP contribution in [0.5, 0.6) is 0 Å². The second-order valence-corrected chi connectivity index (χ2v) is 10.4. The molecule has 5 heteroatoms. The van der Waals surface area contributed by atoms with Crippen molar-refractivity contribution < 1.29 is 19.1 Å². The van der Waals surface area contributed by atoms with Crippen LogP contribution in [0.25, 0.3) is 0 Å². The van der Waals surface area contributed by atoms with Gasteiger partial charge in [0.2, 0.25) is 8.32 Å². The number of hydrogen-bond acceptors (Lipinski definition) is 3. The fourth-order valence-electron chi connectivity index (χ4n) is 2.81. The zero-order valence-corrected chi connectivity index (χ0v) is 11.4. The molecule has 1 saturated carbocycles. The highest BCUT2D eigenvalue weighted by Crippen LogP contribution is 2.54. The predicted octanol–water partition coefficient (Wildman–Crippen LogP) is 2.18. The van der Waals surface area contributed by atoms with E-state index in [0.717, 1.165) is 6.42 Å². The van der Waals surface area contributed by atoms with Gasteiger partial charge in [-0.15, -0.1) is 0 Å². The molecule has 0 heterocycles. The molecule has 0 aliphatic heterocycles. The van der Waals surface area contributed by atoms with E-state index in [1.54, 1.807) is 6.08 Å². The Bertz CT molecular complexity index is 407. The molecule has 0 aromatic rings. The molecule has 2 unspecified atom stereocenters. The van der Waals surface area contributed by atoms with E-state index >= 15 is 0 Å². The van der Waals surface area contributed by atoms with E-state index in [2.05, 4.69) is 0 Å². The second kappa shape index (κ2) is 3.70. The first kappa shape index (κ1) is 12.4. The predicted molar refractivity (Wildman–Crippen MR) is 64.9 cm³/mol. The van der Waals surface area contributed by atoms with Crippen molar-refractivity contribution in [3.63, 3.8) is 0 Å². The Labute approximate surface area is 102 Å². The van der Waals surface area contributed by atoms with Crippen molar-refractivity contribution in [2.45, 2.75) is 38.9 Å². The molecule has 0 aromatic carbocycles. The highest BCUT2D eigenvalue weighted by molar-refractivity contribution is 6.71. The molecule has 1 fully saturated rings. The third kappa shape index (κ3) is 2.03. The monoisotopic (exact) mass is 254 g/mol. The van der Waals surface area contributed by atoms with Gasteiger partial charge in [0.15, 0.2) is 0 Å². The highest BCUT2D eigenvalue weighted by atomic mass is 28.4. The smallest absolute Gasteiger partial charge is 0.332 e. The van der Waals surface area contributed by atoms with Crippen LogP contribution in [0.3, 0.4) is 0 Å². The molecule has 0 spiro atoms. The Hall–Kier alpha value is -1.10. The first-order chi connectivity index (χ1) is 7.74. The third-order valence-electron chi connectivity index (χ3n) is 3.49. The first-order valence-corrected chi connectivity index (χ1v) is 9.34. The summed E-state index contributed by atoms with van der Waals surface area (Å²) in [5.41, 5.74) is -0.589. The Morgan fingerprint density at radius 1 is 1.47 bits per heavy atom. The zero-order chi connectivity index (χ0) is 12.8. The molecule has 1 N–H and O–H groups in total. The van der Waals surface area contributed by atoms with Crippen molar-refractivity contribution in [2.75, 3.05) is 0 Å². The van der Waals surface area contributed by atoms with Crippen LogP contribution >= 0.6 is 0 Å². The Kier molecular flexibility index (Phi) is 2.69. The normalized spacial score (nSPS) is 31.2. The summed E-state index contributed by atoms with van der Waals surface area (Å²) < 4.78 is 5.52. The molecule has 17 heavy (non-hydrogen) atoms. The zero-order valence-electron chi connectivity index (χ0n) is 10.4. The van der Waals surface area contributed by atoms with Gasteiger partial charge in [0, 0.05) is 0 Å². The van der Waals surface area contributed by atoms with E-state index in [0.29, 0.717) is 12.8 Å². The maximum absolute atomic E-state index is 12.3. The second-order valence-electron chi connectivity index (χ2n) is 5.97. The van der Waals surface area contributed by atoms with Crippen LogP contribution in [-0.2, 0) is 14.0 Å². The summed E-state index contributed by atoms with van der Waals surface area (Å²) >= 11 is 0. The summed E-state index contributed by atoms with van der Waals surface area (Å²) in [6, 6.07) is 0. The molecule has 0 amide bonds. The number of aliphatic carboxylic acids is 1. The van der Waals surface area contributed by atoms with Gasteiger partial charge in [-0.05, 0) is 44.8 Å². The van der Waals surface area contributed by atoms with Gasteiger partial charge in [0.25, 0.3) is 0 Å². The van der Waals surface area contributed by atoms with E-state index in [-0.39, 0.29) is 17.5 Å². The number of carbonyl (C=O) groups is 2. The molecule has 94 valence electrons. The topological polar surface area (TPSA) is 63.6 Å². The maximum Gasteiger partial charge on any atom is 0.332 e. The van der Waals surface area contributed by atoms with Gasteiger partial charge < -0.3 is 9.53 Å². The molecular weight excluding hydrogens is 236 g/mol. The average molecular weight is 254 g/mol. The van der Waals surface area contributed by atoms with Gasteiger partial charge >= 0.3 is 11.9 Å². The lowest BCUT2D eigenvalue weighted by molar-refractivity contribution is -0.147. The van der Waals surface area contributed by atoms with E-state index in [1.807, 2.05) is 19.6 Å². The number of carboxylic acids is 1. The lowest BCUT2D eigenvalue weighted by atomic mass is 9.80. The van der Waals surface area contributed by atoms with Gasteiger partial charge in [0.05, 0.1) is 11.0 Å². The van der Waals surface area contributed by atoms with E-state index in [1.165, 1.54) is 0 Å². The molecule has 2 rings (SSSR count). The fourth-order valence-corrected chi connectivity index (χ4v) is 3.56. The molecule has 0 aromatic heterocycles. The summed E-state index contributed by atoms with van der Waals surface area (Å²) in [5.74, 6) is -1.04. The first-order valence-electron chi connectivity index (χ1n) is 5.94. The number of fused-ring (bicyclic) bond motifs is 2. The summed E-state index contributed by atoms with van der Waals surface area (Å²) in [6.07, 6.45) is 3.89. The number of rotatable bonds is 3. The average Bonchev–Trinajstić information content (AvgIpc) is 2.72. The highest BCUT2D eigenvalue weighted by Gasteiger charge is 2.56. The van der Waals surface area contributed by atoms with Crippen LogP contribution in [0, 0.1) is 11.3 Å². The van der Waals surface area contributed by atoms with E-state index in [4.69, 9.17) is 4.43 Å². The standard InChI is InChI=1S/C12H18O4Si/c1-17(2,3)16-11(15)12-5-4-8(7-12)6-9(12)10(13)14/h6,8H,4-5,7H2,1-3H3,(H,13,14). The van der Waals surface area contributed by atoms with E-state index in [9.17, 15) is 14.7 Å². The number of carbonyl (C=O) groups excluding carboxylic acids is 1. The minimum absolute atomic E-state index is 0.246. The van der Waals surface area contributed by atoms with Crippen LogP contribution in [-0.4, -0.2) is 25.4 Å². The van der Waals surface area contributed by atoms with Gasteiger partial charge in [0.1, 0.15) is 0 Å². The quantitative estimate of drug-likeness (QED) is 0.784. The van der Waals surface area contributed by atoms with Gasteiger partial charge in [-0.3, -0.25) is 4.79 Å². The van der Waals surface area contributed by atoms with Crippen LogP contribution in [0.4, 0.5) is 0 Å². The van der Waals surface area contributed by atoms with Crippen LogP contribution < -0.4 is 0 Å². The number of allylic oxidation sites excluding steroid dienone is 1. The summed E-state index contributed by atoms with van der Waals surface area (Å²) in [4.78, 5) is 23.5. The Morgan fingerprint density at radius 3 is 2.59 bits per heavy atom. The van der Waals surface area contributed by atoms with Crippen molar-refractivity contribution in [3.8, 4) is 0 Å². The lowest BCUT2D eigenvalue weighted by Crippen LogP contribution is -2.40. The van der Waals surface area contributed by atoms with Gasteiger partial charge in [-0.2, -0.15) is 0 Å². The number of hydrogen-bond donors (Lipinski definition) is 1. The van der Waals surface area contributed by atoms with Crippen molar-refractivity contribution in [1.82, 2.24) is 0 Å². The Morgan fingerprint density at radius 2 is 2.12 bits per heavy atom. The van der Waals surface area contributed by atoms with Crippen molar-refractivity contribution in [2.24, 2.45) is 11.3 Å². The summed E-state index contributed by atoms with van der Waals surface area (Å²) in [5, 5.41) is 9.18. The molecule has 2 aliphatic rings. The van der Waals surface area contributed by atoms with Crippen LogP contribution in [0.1, 0.15) is 19.3 Å². The minimum Gasteiger partial charge on any atom is -0.519 e. The van der Waals surface area contributed by atoms with Crippen molar-refractivity contribution in [3.05, 3.63) is 11.6 Å². The molecule has 2 aliphatic carbocycles. The molecule has 4 nitrogen and oxygen atoms in total. The SMILES string of the molecule is C[Si](C)(C)OC(=O)C12CCC(C=C1C(=O)O)C2. The van der Waals surface area contributed by atoms with Crippen LogP contribution in [0.2, 0.25) is 19.6 Å². The third-order valence-corrected chi connectivity index (χ3v) is 4.29. The Balaban J connectivity index is 2.27. The van der Waals surface area contributed by atoms with Gasteiger partial charge in [-0.1, -0.05) is 6.08 Å². The number of carboxylic acid groups (broad SMARTS) is 1. The molecular formula is C12H18O4Si.